The van der Waals surface area contributed by atoms with Crippen LogP contribution in [0.3, 0.4) is 0 Å². The molecule has 7 heteroatoms. The number of hydrogen-bond acceptors (Lipinski definition) is 4. The number of anilines is 1. The molecule has 0 aromatic heterocycles. The highest BCUT2D eigenvalue weighted by molar-refractivity contribution is 7.88. The summed E-state index contributed by atoms with van der Waals surface area (Å²) in [5, 5.41) is 2.64. The predicted molar refractivity (Wildman–Crippen MR) is 79.4 cm³/mol. The van der Waals surface area contributed by atoms with E-state index in [0.29, 0.717) is 17.8 Å². The van der Waals surface area contributed by atoms with Crippen LogP contribution in [0.2, 0.25) is 0 Å². The predicted octanol–water partition coefficient (Wildman–Crippen LogP) is 0.603. The molecule has 1 aromatic rings. The lowest BCUT2D eigenvalue weighted by atomic mass is 10.2. The summed E-state index contributed by atoms with van der Waals surface area (Å²) in [7, 11) is -3.57. The van der Waals surface area contributed by atoms with E-state index >= 15 is 0 Å². The Labute approximate surface area is 119 Å². The minimum Gasteiger partial charge on any atom is -0.399 e. The minimum absolute atomic E-state index is 0.182. The van der Waals surface area contributed by atoms with Crippen LogP contribution in [0.5, 0.6) is 0 Å². The molecule has 1 unspecified atom stereocenters. The Balaban J connectivity index is 2.61. The summed E-state index contributed by atoms with van der Waals surface area (Å²) in [5.74, 6) is -0.508. The molecule has 0 aliphatic carbocycles. The maximum atomic E-state index is 12.0. The van der Waals surface area contributed by atoms with Gasteiger partial charge >= 0.3 is 0 Å². The van der Waals surface area contributed by atoms with E-state index in [4.69, 9.17) is 5.73 Å². The first-order valence-electron chi connectivity index (χ1n) is 6.46. The Morgan fingerprint density at radius 2 is 1.90 bits per heavy atom. The number of benzene rings is 1. The highest BCUT2D eigenvalue weighted by Gasteiger charge is 2.20. The summed E-state index contributed by atoms with van der Waals surface area (Å²) >= 11 is 0. The molecule has 112 valence electrons. The highest BCUT2D eigenvalue weighted by atomic mass is 32.2. The molecule has 1 rings (SSSR count). The smallest absolute Gasteiger partial charge is 0.237 e. The maximum Gasteiger partial charge on any atom is 0.237 e. The molecule has 4 N–H and O–H groups in total. The van der Waals surface area contributed by atoms with Gasteiger partial charge in [0.1, 0.15) is 0 Å². The SMILES string of the molecule is CCCNC(=O)C(C)NS(=O)(=O)Cc1ccc(N)cc1. The topological polar surface area (TPSA) is 101 Å². The van der Waals surface area contributed by atoms with Crippen LogP contribution in [-0.2, 0) is 20.6 Å². The van der Waals surface area contributed by atoms with Crippen molar-refractivity contribution < 1.29 is 13.2 Å². The van der Waals surface area contributed by atoms with E-state index < -0.39 is 16.1 Å². The third-order valence-electron chi connectivity index (χ3n) is 2.64. The lowest BCUT2D eigenvalue weighted by Crippen LogP contribution is -2.45. The van der Waals surface area contributed by atoms with Gasteiger partial charge in [-0.1, -0.05) is 19.1 Å². The van der Waals surface area contributed by atoms with Crippen molar-refractivity contribution in [1.29, 1.82) is 0 Å². The standard InChI is InChI=1S/C13H21N3O3S/c1-3-8-15-13(17)10(2)16-20(18,19)9-11-4-6-12(14)7-5-11/h4-7,10,16H,3,8-9,14H2,1-2H3,(H,15,17). The second-order valence-electron chi connectivity index (χ2n) is 4.63. The normalized spacial score (nSPS) is 12.9. The second-order valence-corrected chi connectivity index (χ2v) is 6.39. The third-order valence-corrected chi connectivity index (χ3v) is 4.06. The number of sulfonamides is 1. The summed E-state index contributed by atoms with van der Waals surface area (Å²) in [6.45, 7) is 3.98. The molecule has 0 radical (unpaired) electrons. The van der Waals surface area contributed by atoms with Gasteiger partial charge in [-0.05, 0) is 31.0 Å². The van der Waals surface area contributed by atoms with E-state index in [1.807, 2.05) is 6.92 Å². The zero-order valence-corrected chi connectivity index (χ0v) is 12.5. The Kier molecular flexibility index (Phi) is 5.97. The van der Waals surface area contributed by atoms with Crippen LogP contribution in [0.15, 0.2) is 24.3 Å². The Morgan fingerprint density at radius 1 is 1.30 bits per heavy atom. The Hall–Kier alpha value is -1.60. The van der Waals surface area contributed by atoms with Gasteiger partial charge in [0, 0.05) is 12.2 Å². The largest absolute Gasteiger partial charge is 0.399 e. The molecule has 20 heavy (non-hydrogen) atoms. The first-order chi connectivity index (χ1) is 9.34. The van der Waals surface area contributed by atoms with Crippen molar-refractivity contribution in [2.24, 2.45) is 0 Å². The Morgan fingerprint density at radius 3 is 2.45 bits per heavy atom. The molecule has 0 aliphatic rings. The second kappa shape index (κ2) is 7.25. The van der Waals surface area contributed by atoms with Crippen molar-refractivity contribution in [3.05, 3.63) is 29.8 Å². The summed E-state index contributed by atoms with van der Waals surface area (Å²) in [6, 6.07) is 5.79. The highest BCUT2D eigenvalue weighted by Crippen LogP contribution is 2.09. The van der Waals surface area contributed by atoms with Gasteiger partial charge in [0.15, 0.2) is 0 Å². The monoisotopic (exact) mass is 299 g/mol. The van der Waals surface area contributed by atoms with Gasteiger partial charge in [-0.15, -0.1) is 0 Å². The molecule has 1 aromatic carbocycles. The van der Waals surface area contributed by atoms with Gasteiger partial charge in [-0.3, -0.25) is 4.79 Å². The van der Waals surface area contributed by atoms with Crippen LogP contribution in [0.25, 0.3) is 0 Å². The maximum absolute atomic E-state index is 12.0. The summed E-state index contributed by atoms with van der Waals surface area (Å²) in [6.07, 6.45) is 0.802. The molecule has 6 nitrogen and oxygen atoms in total. The molecule has 1 atom stereocenters. The molecule has 0 aliphatic heterocycles. The average molecular weight is 299 g/mol. The first-order valence-corrected chi connectivity index (χ1v) is 8.11. The zero-order chi connectivity index (χ0) is 15.2. The number of carbonyl (C=O) groups excluding carboxylic acids is 1. The van der Waals surface area contributed by atoms with Gasteiger partial charge in [0.25, 0.3) is 0 Å². The lowest BCUT2D eigenvalue weighted by molar-refractivity contribution is -0.122. The number of carbonyl (C=O) groups is 1. The van der Waals surface area contributed by atoms with E-state index in [-0.39, 0.29) is 11.7 Å². The molecule has 1 amide bonds. The summed E-state index contributed by atoms with van der Waals surface area (Å²) in [4.78, 5) is 11.6. The molecule has 0 saturated heterocycles. The van der Waals surface area contributed by atoms with Crippen molar-refractivity contribution in [3.63, 3.8) is 0 Å². The van der Waals surface area contributed by atoms with Crippen LogP contribution in [0, 0.1) is 0 Å². The van der Waals surface area contributed by atoms with E-state index in [1.54, 1.807) is 24.3 Å². The minimum atomic E-state index is -3.57. The average Bonchev–Trinajstić information content (AvgIpc) is 2.37. The number of hydrogen-bond donors (Lipinski definition) is 3. The quantitative estimate of drug-likeness (QED) is 0.642. The molecular formula is C13H21N3O3S. The van der Waals surface area contributed by atoms with Crippen LogP contribution in [0.4, 0.5) is 5.69 Å². The number of nitrogens with one attached hydrogen (secondary N) is 2. The van der Waals surface area contributed by atoms with Crippen LogP contribution < -0.4 is 15.8 Å². The van der Waals surface area contributed by atoms with Crippen LogP contribution >= 0.6 is 0 Å². The fourth-order valence-electron chi connectivity index (χ4n) is 1.60. The van der Waals surface area contributed by atoms with Crippen molar-refractivity contribution >= 4 is 21.6 Å². The van der Waals surface area contributed by atoms with Crippen molar-refractivity contribution in [3.8, 4) is 0 Å². The zero-order valence-electron chi connectivity index (χ0n) is 11.7. The summed E-state index contributed by atoms with van der Waals surface area (Å²) < 4.78 is 26.3. The van der Waals surface area contributed by atoms with Crippen LogP contribution in [-0.4, -0.2) is 26.9 Å². The van der Waals surface area contributed by atoms with E-state index in [9.17, 15) is 13.2 Å². The summed E-state index contributed by atoms with van der Waals surface area (Å²) in [5.41, 5.74) is 6.73. The van der Waals surface area contributed by atoms with E-state index in [1.165, 1.54) is 6.92 Å². The molecule has 0 spiro atoms. The molecule has 0 bridgehead atoms. The van der Waals surface area contributed by atoms with E-state index in [2.05, 4.69) is 10.0 Å². The van der Waals surface area contributed by atoms with Crippen LogP contribution in [0.1, 0.15) is 25.8 Å². The Bertz CT molecular complexity index is 540. The molecule has 0 fully saturated rings. The van der Waals surface area contributed by atoms with Gasteiger partial charge in [0.2, 0.25) is 15.9 Å². The number of rotatable bonds is 7. The van der Waals surface area contributed by atoms with Gasteiger partial charge in [-0.25, -0.2) is 13.1 Å². The number of nitrogen functional groups attached to an aromatic ring is 1. The van der Waals surface area contributed by atoms with Crippen molar-refractivity contribution in [2.75, 3.05) is 12.3 Å². The molecule has 0 heterocycles. The lowest BCUT2D eigenvalue weighted by Gasteiger charge is -2.14. The first kappa shape index (κ1) is 16.5. The van der Waals surface area contributed by atoms with Gasteiger partial charge < -0.3 is 11.1 Å². The fourth-order valence-corrected chi connectivity index (χ4v) is 2.96. The van der Waals surface area contributed by atoms with Gasteiger partial charge in [0.05, 0.1) is 11.8 Å². The third kappa shape index (κ3) is 5.58. The molecular weight excluding hydrogens is 278 g/mol. The van der Waals surface area contributed by atoms with E-state index in [0.717, 1.165) is 6.42 Å². The molecule has 0 saturated carbocycles. The van der Waals surface area contributed by atoms with Crippen molar-refractivity contribution in [2.45, 2.75) is 32.1 Å². The van der Waals surface area contributed by atoms with Crippen molar-refractivity contribution in [1.82, 2.24) is 10.0 Å². The number of amides is 1. The van der Waals surface area contributed by atoms with Gasteiger partial charge in [-0.2, -0.15) is 0 Å². The fraction of sp³-hybridized carbons (Fsp3) is 0.462. The number of nitrogens with two attached hydrogens (primary N) is 1.